The van der Waals surface area contributed by atoms with Gasteiger partial charge in [-0.15, -0.1) is 0 Å². The molecule has 1 fully saturated rings. The van der Waals surface area contributed by atoms with Crippen molar-refractivity contribution in [3.05, 3.63) is 29.6 Å². The zero-order chi connectivity index (χ0) is 14.6. The maximum absolute atomic E-state index is 12.0. The van der Waals surface area contributed by atoms with Crippen molar-refractivity contribution in [2.24, 2.45) is 0 Å². The number of carbonyl (C=O) groups is 1. The first-order valence-corrected chi connectivity index (χ1v) is 8.70. The number of pyridine rings is 1. The Morgan fingerprint density at radius 2 is 2.25 bits per heavy atom. The van der Waals surface area contributed by atoms with Gasteiger partial charge >= 0.3 is 0 Å². The lowest BCUT2D eigenvalue weighted by molar-refractivity contribution is -0.118. The molecule has 2 heterocycles. The molecule has 6 heteroatoms. The minimum atomic E-state index is -2.99. The Labute approximate surface area is 119 Å². The van der Waals surface area contributed by atoms with Gasteiger partial charge in [0, 0.05) is 37.3 Å². The zero-order valence-electron chi connectivity index (χ0n) is 11.6. The van der Waals surface area contributed by atoms with Gasteiger partial charge in [0.2, 0.25) is 0 Å². The summed E-state index contributed by atoms with van der Waals surface area (Å²) in [5.41, 5.74) is 1.88. The normalized spacial score (nSPS) is 21.6. The van der Waals surface area contributed by atoms with Crippen LogP contribution in [0, 0.1) is 0 Å². The molecule has 0 aromatic carbocycles. The Hall–Kier alpha value is -1.27. The predicted octanol–water partition coefficient (Wildman–Crippen LogP) is 0.532. The van der Waals surface area contributed by atoms with Crippen LogP contribution in [-0.4, -0.2) is 43.3 Å². The summed E-state index contributed by atoms with van der Waals surface area (Å²) in [5, 5.41) is 3.09. The quantitative estimate of drug-likeness (QED) is 0.858. The summed E-state index contributed by atoms with van der Waals surface area (Å²) in [4.78, 5) is 16.2. The summed E-state index contributed by atoms with van der Waals surface area (Å²) in [6.45, 7) is 2.49. The fourth-order valence-electron chi connectivity index (χ4n) is 2.32. The second-order valence-corrected chi connectivity index (χ2v) is 7.43. The molecule has 2 rings (SSSR count). The van der Waals surface area contributed by atoms with Crippen LogP contribution in [0.1, 0.15) is 24.6 Å². The predicted molar refractivity (Wildman–Crippen MR) is 77.4 cm³/mol. The average Bonchev–Trinajstić information content (AvgIpc) is 2.38. The number of Topliss-reactive ketones (excluding diaryl/α,β-unsaturated/α-hetero) is 1. The highest BCUT2D eigenvalue weighted by Crippen LogP contribution is 2.08. The molecule has 0 aliphatic carbocycles. The number of hydrogen-bond acceptors (Lipinski definition) is 5. The fourth-order valence-corrected chi connectivity index (χ4v) is 3.76. The van der Waals surface area contributed by atoms with Gasteiger partial charge in [-0.2, -0.15) is 0 Å². The molecule has 1 atom stereocenters. The van der Waals surface area contributed by atoms with E-state index in [2.05, 4.69) is 17.2 Å². The smallest absolute Gasteiger partial charge is 0.153 e. The highest BCUT2D eigenvalue weighted by molar-refractivity contribution is 7.91. The molecule has 0 saturated carbocycles. The second kappa shape index (κ2) is 6.45. The van der Waals surface area contributed by atoms with Crippen LogP contribution in [0.2, 0.25) is 0 Å². The summed E-state index contributed by atoms with van der Waals surface area (Å²) < 4.78 is 23.0. The molecule has 0 spiro atoms. The molecule has 1 aliphatic heterocycles. The molecule has 1 N–H and O–H groups in total. The maximum atomic E-state index is 12.0. The zero-order valence-corrected chi connectivity index (χ0v) is 12.4. The number of aromatic nitrogens is 1. The van der Waals surface area contributed by atoms with Crippen molar-refractivity contribution < 1.29 is 13.2 Å². The van der Waals surface area contributed by atoms with Crippen LogP contribution in [-0.2, 0) is 27.5 Å². The van der Waals surface area contributed by atoms with E-state index in [1.54, 1.807) is 6.20 Å². The second-order valence-electron chi connectivity index (χ2n) is 5.20. The standard InChI is InChI=1S/C14H20N2O3S/c1-2-11-3-4-12(16-9-11)7-14(17)8-13-10-20(18,19)6-5-15-13/h3-4,9,13,15H,2,5-8,10H2,1H3. The van der Waals surface area contributed by atoms with E-state index in [0.717, 1.165) is 17.7 Å². The molecule has 1 aliphatic rings. The van der Waals surface area contributed by atoms with E-state index in [9.17, 15) is 13.2 Å². The van der Waals surface area contributed by atoms with Crippen LogP contribution < -0.4 is 5.32 Å². The van der Waals surface area contributed by atoms with Crippen molar-refractivity contribution in [3.63, 3.8) is 0 Å². The lowest BCUT2D eigenvalue weighted by Gasteiger charge is -2.22. The Balaban J connectivity index is 1.88. The van der Waals surface area contributed by atoms with Crippen molar-refractivity contribution in [1.29, 1.82) is 0 Å². The van der Waals surface area contributed by atoms with Crippen molar-refractivity contribution in [3.8, 4) is 0 Å². The van der Waals surface area contributed by atoms with Gasteiger partial charge < -0.3 is 5.32 Å². The van der Waals surface area contributed by atoms with Crippen LogP contribution in [0.15, 0.2) is 18.3 Å². The molecule has 1 aromatic rings. The number of aryl methyl sites for hydroxylation is 1. The first kappa shape index (κ1) is 15.1. The molecule has 0 amide bonds. The van der Waals surface area contributed by atoms with E-state index in [1.807, 2.05) is 12.1 Å². The third kappa shape index (κ3) is 4.38. The van der Waals surface area contributed by atoms with Crippen molar-refractivity contribution in [2.45, 2.75) is 32.2 Å². The summed E-state index contributed by atoms with van der Waals surface area (Å²) in [7, 11) is -2.99. The number of nitrogens with zero attached hydrogens (tertiary/aromatic N) is 1. The van der Waals surface area contributed by atoms with Gasteiger partial charge in [0.1, 0.15) is 5.78 Å². The lowest BCUT2D eigenvalue weighted by atomic mass is 10.1. The summed E-state index contributed by atoms with van der Waals surface area (Å²) in [5.74, 6) is 0.245. The van der Waals surface area contributed by atoms with Gasteiger partial charge in [-0.25, -0.2) is 8.42 Å². The molecule has 0 bridgehead atoms. The molecule has 110 valence electrons. The number of sulfone groups is 1. The van der Waals surface area contributed by atoms with Gasteiger partial charge in [-0.1, -0.05) is 13.0 Å². The van der Waals surface area contributed by atoms with Crippen LogP contribution >= 0.6 is 0 Å². The summed E-state index contributed by atoms with van der Waals surface area (Å²) in [6, 6.07) is 3.58. The maximum Gasteiger partial charge on any atom is 0.153 e. The van der Waals surface area contributed by atoms with Crippen molar-refractivity contribution in [1.82, 2.24) is 10.3 Å². The fraction of sp³-hybridized carbons (Fsp3) is 0.571. The van der Waals surface area contributed by atoms with Gasteiger partial charge in [0.25, 0.3) is 0 Å². The highest BCUT2D eigenvalue weighted by Gasteiger charge is 2.25. The molecular weight excluding hydrogens is 276 g/mol. The van der Waals surface area contributed by atoms with Gasteiger partial charge in [0.15, 0.2) is 9.84 Å². The van der Waals surface area contributed by atoms with Crippen LogP contribution in [0.25, 0.3) is 0 Å². The SMILES string of the molecule is CCc1ccc(CC(=O)CC2CS(=O)(=O)CCN2)nc1. The van der Waals surface area contributed by atoms with E-state index >= 15 is 0 Å². The van der Waals surface area contributed by atoms with Gasteiger partial charge in [-0.05, 0) is 18.1 Å². The number of rotatable bonds is 5. The van der Waals surface area contributed by atoms with E-state index in [0.29, 0.717) is 6.54 Å². The molecule has 1 aromatic heterocycles. The van der Waals surface area contributed by atoms with Crippen molar-refractivity contribution >= 4 is 15.6 Å². The summed E-state index contributed by atoms with van der Waals surface area (Å²) >= 11 is 0. The van der Waals surface area contributed by atoms with E-state index < -0.39 is 9.84 Å². The Bertz CT molecular complexity index is 567. The molecule has 1 unspecified atom stereocenters. The van der Waals surface area contributed by atoms with Gasteiger partial charge in [0.05, 0.1) is 11.5 Å². The minimum Gasteiger partial charge on any atom is -0.312 e. The lowest BCUT2D eigenvalue weighted by Crippen LogP contribution is -2.46. The van der Waals surface area contributed by atoms with Gasteiger partial charge in [-0.3, -0.25) is 9.78 Å². The molecule has 0 radical (unpaired) electrons. The number of ketones is 1. The highest BCUT2D eigenvalue weighted by atomic mass is 32.2. The Kier molecular flexibility index (Phi) is 4.88. The monoisotopic (exact) mass is 296 g/mol. The van der Waals surface area contributed by atoms with E-state index in [1.165, 1.54) is 0 Å². The third-order valence-corrected chi connectivity index (χ3v) is 5.18. The van der Waals surface area contributed by atoms with E-state index in [-0.39, 0.29) is 36.2 Å². The average molecular weight is 296 g/mol. The Morgan fingerprint density at radius 1 is 1.45 bits per heavy atom. The Morgan fingerprint density at radius 3 is 2.85 bits per heavy atom. The summed E-state index contributed by atoms with van der Waals surface area (Å²) in [6.07, 6.45) is 3.22. The molecule has 1 saturated heterocycles. The number of hydrogen-bond donors (Lipinski definition) is 1. The third-order valence-electron chi connectivity index (χ3n) is 3.45. The topological polar surface area (TPSA) is 76.1 Å². The van der Waals surface area contributed by atoms with Crippen molar-refractivity contribution in [2.75, 3.05) is 18.1 Å². The number of nitrogens with one attached hydrogen (secondary N) is 1. The number of carbonyl (C=O) groups excluding carboxylic acids is 1. The minimum absolute atomic E-state index is 0.0244. The van der Waals surface area contributed by atoms with E-state index in [4.69, 9.17) is 0 Å². The first-order chi connectivity index (χ1) is 9.48. The van der Waals surface area contributed by atoms with Crippen LogP contribution in [0.4, 0.5) is 0 Å². The van der Waals surface area contributed by atoms with Crippen LogP contribution in [0.5, 0.6) is 0 Å². The van der Waals surface area contributed by atoms with Crippen LogP contribution in [0.3, 0.4) is 0 Å². The first-order valence-electron chi connectivity index (χ1n) is 6.88. The molecule has 5 nitrogen and oxygen atoms in total. The largest absolute Gasteiger partial charge is 0.312 e. The molecule has 20 heavy (non-hydrogen) atoms. The molecular formula is C14H20N2O3S.